The molecule has 1 saturated heterocycles. The lowest BCUT2D eigenvalue weighted by Crippen LogP contribution is -2.43. The number of nitrogens with zero attached hydrogens (tertiary/aromatic N) is 1. The van der Waals surface area contributed by atoms with E-state index >= 15 is 0 Å². The first kappa shape index (κ1) is 20.8. The van der Waals surface area contributed by atoms with Gasteiger partial charge < -0.3 is 5.32 Å². The predicted molar refractivity (Wildman–Crippen MR) is 112 cm³/mol. The highest BCUT2D eigenvalue weighted by atomic mass is 35.5. The van der Waals surface area contributed by atoms with Crippen LogP contribution in [0.4, 0.5) is 0 Å². The zero-order valence-electron chi connectivity index (χ0n) is 15.7. The zero-order valence-corrected chi connectivity index (χ0v) is 17.3. The highest BCUT2D eigenvalue weighted by molar-refractivity contribution is 7.88. The van der Waals surface area contributed by atoms with E-state index in [9.17, 15) is 13.2 Å². The van der Waals surface area contributed by atoms with Crippen molar-refractivity contribution in [1.82, 2.24) is 9.62 Å². The molecule has 0 saturated carbocycles. The van der Waals surface area contributed by atoms with Crippen LogP contribution in [0.25, 0.3) is 0 Å². The average molecular weight is 421 g/mol. The highest BCUT2D eigenvalue weighted by Crippen LogP contribution is 2.22. The summed E-state index contributed by atoms with van der Waals surface area (Å²) in [4.78, 5) is 12.4. The average Bonchev–Trinajstić information content (AvgIpc) is 2.70. The summed E-state index contributed by atoms with van der Waals surface area (Å²) in [6.45, 7) is 1.35. The smallest absolute Gasteiger partial charge is 0.223 e. The predicted octanol–water partition coefficient (Wildman–Crippen LogP) is 3.24. The van der Waals surface area contributed by atoms with Crippen LogP contribution in [0.15, 0.2) is 54.6 Å². The van der Waals surface area contributed by atoms with Crippen molar-refractivity contribution in [3.05, 3.63) is 70.7 Å². The van der Waals surface area contributed by atoms with Crippen molar-refractivity contribution in [3.8, 4) is 0 Å². The van der Waals surface area contributed by atoms with E-state index in [4.69, 9.17) is 11.6 Å². The number of benzene rings is 2. The van der Waals surface area contributed by atoms with Crippen molar-refractivity contribution in [3.63, 3.8) is 0 Å². The molecular weight excluding hydrogens is 396 g/mol. The second-order valence-corrected chi connectivity index (χ2v) is 9.49. The first-order valence-corrected chi connectivity index (χ1v) is 11.5. The number of sulfonamides is 1. The van der Waals surface area contributed by atoms with Gasteiger partial charge in [-0.25, -0.2) is 12.7 Å². The van der Waals surface area contributed by atoms with Crippen molar-refractivity contribution < 1.29 is 13.2 Å². The monoisotopic (exact) mass is 420 g/mol. The van der Waals surface area contributed by atoms with Gasteiger partial charge in [-0.2, -0.15) is 0 Å². The number of halogens is 1. The van der Waals surface area contributed by atoms with Gasteiger partial charge in [0.25, 0.3) is 0 Å². The minimum atomic E-state index is -3.35. The molecule has 0 bridgehead atoms. The van der Waals surface area contributed by atoms with Gasteiger partial charge in [0.1, 0.15) is 0 Å². The van der Waals surface area contributed by atoms with Crippen LogP contribution >= 0.6 is 11.6 Å². The van der Waals surface area contributed by atoms with Crippen molar-refractivity contribution in [1.29, 1.82) is 0 Å². The van der Waals surface area contributed by atoms with Crippen molar-refractivity contribution >= 4 is 27.5 Å². The summed E-state index contributed by atoms with van der Waals surface area (Å²) in [7, 11) is -3.35. The van der Waals surface area contributed by atoms with Crippen molar-refractivity contribution in [2.45, 2.75) is 25.0 Å². The van der Waals surface area contributed by atoms with Gasteiger partial charge >= 0.3 is 0 Å². The summed E-state index contributed by atoms with van der Waals surface area (Å²) in [6.07, 6.45) is 1.86. The summed E-state index contributed by atoms with van der Waals surface area (Å²) in [6, 6.07) is 16.8. The Bertz CT molecular complexity index is 878. The summed E-state index contributed by atoms with van der Waals surface area (Å²) < 4.78 is 26.7. The largest absolute Gasteiger partial charge is 0.356 e. The molecule has 1 N–H and O–H groups in total. The van der Waals surface area contributed by atoms with Gasteiger partial charge in [0.15, 0.2) is 0 Å². The fourth-order valence-electron chi connectivity index (χ4n) is 3.40. The van der Waals surface area contributed by atoms with Gasteiger partial charge in [0, 0.05) is 30.6 Å². The van der Waals surface area contributed by atoms with Crippen LogP contribution in [0.2, 0.25) is 5.02 Å². The van der Waals surface area contributed by atoms with Crippen LogP contribution in [0.5, 0.6) is 0 Å². The van der Waals surface area contributed by atoms with Crippen LogP contribution in [0.1, 0.15) is 24.0 Å². The Balaban J connectivity index is 1.44. The second-order valence-electron chi connectivity index (χ2n) is 7.08. The number of hydrogen-bond acceptors (Lipinski definition) is 3. The Kier molecular flexibility index (Phi) is 7.10. The molecule has 2 aromatic carbocycles. The molecule has 0 aliphatic carbocycles. The van der Waals surface area contributed by atoms with Crippen LogP contribution in [-0.2, 0) is 27.0 Å². The molecule has 0 unspecified atom stereocenters. The van der Waals surface area contributed by atoms with E-state index in [1.807, 2.05) is 54.6 Å². The van der Waals surface area contributed by atoms with Gasteiger partial charge in [-0.05, 0) is 42.5 Å². The van der Waals surface area contributed by atoms with Crippen LogP contribution < -0.4 is 5.32 Å². The third-order valence-electron chi connectivity index (χ3n) is 5.04. The molecule has 1 heterocycles. The molecule has 1 aliphatic heterocycles. The maximum atomic E-state index is 12.6. The fraction of sp³-hybridized carbons (Fsp3) is 0.381. The van der Waals surface area contributed by atoms with E-state index in [-0.39, 0.29) is 17.6 Å². The number of hydrogen-bond donors (Lipinski definition) is 1. The lowest BCUT2D eigenvalue weighted by molar-refractivity contribution is -0.126. The number of nitrogens with one attached hydrogen (secondary N) is 1. The molecule has 1 aliphatic rings. The van der Waals surface area contributed by atoms with E-state index in [0.29, 0.717) is 37.5 Å². The Labute approximate surface area is 171 Å². The molecular formula is C21H25ClN2O3S. The lowest BCUT2D eigenvalue weighted by Gasteiger charge is -2.30. The minimum Gasteiger partial charge on any atom is -0.356 e. The molecule has 0 aromatic heterocycles. The van der Waals surface area contributed by atoms with E-state index < -0.39 is 10.0 Å². The van der Waals surface area contributed by atoms with Crippen molar-refractivity contribution in [2.24, 2.45) is 5.92 Å². The molecule has 28 heavy (non-hydrogen) atoms. The Hall–Kier alpha value is -1.89. The molecule has 1 amide bonds. The Morgan fingerprint density at radius 3 is 2.29 bits per heavy atom. The fourth-order valence-corrected chi connectivity index (χ4v) is 5.09. The van der Waals surface area contributed by atoms with E-state index in [1.54, 1.807) is 0 Å². The SMILES string of the molecule is O=C(NCCc1ccc(Cl)cc1)C1CCN(S(=O)(=O)Cc2ccccc2)CC1. The standard InChI is InChI=1S/C21H25ClN2O3S/c22-20-8-6-17(7-9-20)10-13-23-21(25)19-11-14-24(15-12-19)28(26,27)16-18-4-2-1-3-5-18/h1-9,19H,10-16H2,(H,23,25). The van der Waals surface area contributed by atoms with Gasteiger partial charge in [0.2, 0.25) is 15.9 Å². The van der Waals surface area contributed by atoms with Crippen LogP contribution in [0, 0.1) is 5.92 Å². The van der Waals surface area contributed by atoms with E-state index in [0.717, 1.165) is 17.5 Å². The van der Waals surface area contributed by atoms with E-state index in [1.165, 1.54) is 4.31 Å². The summed E-state index contributed by atoms with van der Waals surface area (Å²) in [5.41, 5.74) is 1.90. The first-order valence-electron chi connectivity index (χ1n) is 9.48. The molecule has 150 valence electrons. The highest BCUT2D eigenvalue weighted by Gasteiger charge is 2.30. The molecule has 0 radical (unpaired) electrons. The third-order valence-corrected chi connectivity index (χ3v) is 7.14. The van der Waals surface area contributed by atoms with Gasteiger partial charge in [-0.3, -0.25) is 4.79 Å². The van der Waals surface area contributed by atoms with Crippen molar-refractivity contribution in [2.75, 3.05) is 19.6 Å². The Morgan fingerprint density at radius 2 is 1.64 bits per heavy atom. The first-order chi connectivity index (χ1) is 13.4. The van der Waals surface area contributed by atoms with Crippen LogP contribution in [-0.4, -0.2) is 38.3 Å². The molecule has 5 nitrogen and oxygen atoms in total. The molecule has 0 spiro atoms. The zero-order chi connectivity index (χ0) is 20.0. The third kappa shape index (κ3) is 5.80. The number of rotatable bonds is 7. The number of piperidine rings is 1. The molecule has 1 fully saturated rings. The molecule has 3 rings (SSSR count). The Morgan fingerprint density at radius 1 is 1.00 bits per heavy atom. The summed E-state index contributed by atoms with van der Waals surface area (Å²) in [5.74, 6) is -0.117. The molecule has 7 heteroatoms. The number of carbonyl (C=O) groups is 1. The molecule has 2 aromatic rings. The quantitative estimate of drug-likeness (QED) is 0.747. The van der Waals surface area contributed by atoms with Gasteiger partial charge in [-0.15, -0.1) is 0 Å². The molecule has 0 atom stereocenters. The number of carbonyl (C=O) groups excluding carboxylic acids is 1. The second kappa shape index (κ2) is 9.54. The summed E-state index contributed by atoms with van der Waals surface area (Å²) in [5, 5.41) is 3.67. The minimum absolute atomic E-state index is 0.00575. The summed E-state index contributed by atoms with van der Waals surface area (Å²) >= 11 is 5.87. The number of amides is 1. The van der Waals surface area contributed by atoms with Gasteiger partial charge in [0.05, 0.1) is 5.75 Å². The maximum absolute atomic E-state index is 12.6. The lowest BCUT2D eigenvalue weighted by atomic mass is 9.97. The van der Waals surface area contributed by atoms with Gasteiger partial charge in [-0.1, -0.05) is 54.1 Å². The van der Waals surface area contributed by atoms with E-state index in [2.05, 4.69) is 5.32 Å². The maximum Gasteiger partial charge on any atom is 0.223 e. The topological polar surface area (TPSA) is 66.5 Å². The normalized spacial score (nSPS) is 16.0. The van der Waals surface area contributed by atoms with Crippen LogP contribution in [0.3, 0.4) is 0 Å².